The van der Waals surface area contributed by atoms with E-state index in [1.165, 1.54) is 19.5 Å². The molecule has 90 valence electrons. The molecule has 1 atom stereocenters. The van der Waals surface area contributed by atoms with Gasteiger partial charge in [0.15, 0.2) is 0 Å². The van der Waals surface area contributed by atoms with Gasteiger partial charge in [-0.15, -0.1) is 0 Å². The molecule has 0 amide bonds. The lowest BCUT2D eigenvalue weighted by atomic mass is 10.1. The summed E-state index contributed by atoms with van der Waals surface area (Å²) in [6.07, 6.45) is 1.26. The first kappa shape index (κ1) is 12.4. The number of nitrogens with zero attached hydrogens (tertiary/aromatic N) is 2. The van der Waals surface area contributed by atoms with Crippen molar-refractivity contribution < 1.29 is 0 Å². The third-order valence-corrected chi connectivity index (χ3v) is 3.83. The van der Waals surface area contributed by atoms with Gasteiger partial charge in [-0.05, 0) is 60.1 Å². The zero-order chi connectivity index (χ0) is 12.3. The van der Waals surface area contributed by atoms with Crippen LogP contribution in [0.1, 0.15) is 12.0 Å². The van der Waals surface area contributed by atoms with Crippen LogP contribution in [0.25, 0.3) is 0 Å². The van der Waals surface area contributed by atoms with Gasteiger partial charge in [0.2, 0.25) is 0 Å². The van der Waals surface area contributed by atoms with Crippen LogP contribution in [0.5, 0.6) is 0 Å². The Kier molecular flexibility index (Phi) is 4.03. The SMILES string of the molecule is CN1CCC(CNc2ccc(C#N)c(Br)c2)C1. The Morgan fingerprint density at radius 3 is 3.00 bits per heavy atom. The first-order valence-corrected chi connectivity index (χ1v) is 6.60. The van der Waals surface area contributed by atoms with Crippen molar-refractivity contribution in [2.24, 2.45) is 5.92 Å². The number of rotatable bonds is 3. The van der Waals surface area contributed by atoms with Gasteiger partial charge < -0.3 is 10.2 Å². The standard InChI is InChI=1S/C13H16BrN3/c1-17-5-4-10(9-17)8-16-12-3-2-11(7-15)13(14)6-12/h2-3,6,10,16H,4-5,8-9H2,1H3. The van der Waals surface area contributed by atoms with Crippen molar-refractivity contribution in [2.75, 3.05) is 32.0 Å². The number of nitrogens with one attached hydrogen (secondary N) is 1. The van der Waals surface area contributed by atoms with E-state index in [4.69, 9.17) is 5.26 Å². The first-order valence-electron chi connectivity index (χ1n) is 5.81. The molecule has 17 heavy (non-hydrogen) atoms. The fourth-order valence-corrected chi connectivity index (χ4v) is 2.64. The fourth-order valence-electron chi connectivity index (χ4n) is 2.17. The van der Waals surface area contributed by atoms with Crippen LogP contribution in [-0.4, -0.2) is 31.6 Å². The molecule has 0 spiro atoms. The number of halogens is 1. The Hall–Kier alpha value is -1.05. The number of likely N-dealkylation sites (tertiary alicyclic amines) is 1. The van der Waals surface area contributed by atoms with Crippen LogP contribution in [-0.2, 0) is 0 Å². The van der Waals surface area contributed by atoms with E-state index in [1.807, 2.05) is 18.2 Å². The maximum absolute atomic E-state index is 8.84. The summed E-state index contributed by atoms with van der Waals surface area (Å²) in [5.74, 6) is 0.731. The first-order chi connectivity index (χ1) is 8.19. The van der Waals surface area contributed by atoms with Crippen LogP contribution in [0.3, 0.4) is 0 Å². The molecule has 1 aliphatic heterocycles. The quantitative estimate of drug-likeness (QED) is 0.931. The molecule has 1 saturated heterocycles. The van der Waals surface area contributed by atoms with E-state index in [2.05, 4.69) is 39.3 Å². The van der Waals surface area contributed by atoms with Gasteiger partial charge in [-0.2, -0.15) is 5.26 Å². The average Bonchev–Trinajstić information content (AvgIpc) is 2.73. The van der Waals surface area contributed by atoms with Gasteiger partial charge in [-0.1, -0.05) is 0 Å². The zero-order valence-corrected chi connectivity index (χ0v) is 11.5. The number of anilines is 1. The van der Waals surface area contributed by atoms with Gasteiger partial charge in [0.25, 0.3) is 0 Å². The maximum Gasteiger partial charge on any atom is 0.100 e. The smallest absolute Gasteiger partial charge is 0.100 e. The van der Waals surface area contributed by atoms with E-state index >= 15 is 0 Å². The maximum atomic E-state index is 8.84. The Morgan fingerprint density at radius 2 is 2.41 bits per heavy atom. The average molecular weight is 294 g/mol. The van der Waals surface area contributed by atoms with Gasteiger partial charge in [0.05, 0.1) is 5.56 Å². The van der Waals surface area contributed by atoms with Crippen LogP contribution < -0.4 is 5.32 Å². The molecule has 1 aliphatic rings. The number of hydrogen-bond acceptors (Lipinski definition) is 3. The minimum atomic E-state index is 0.677. The predicted octanol–water partition coefficient (Wildman–Crippen LogP) is 2.68. The van der Waals surface area contributed by atoms with Gasteiger partial charge in [-0.25, -0.2) is 0 Å². The van der Waals surface area contributed by atoms with Crippen LogP contribution >= 0.6 is 15.9 Å². The molecule has 0 saturated carbocycles. The van der Waals surface area contributed by atoms with Crippen molar-refractivity contribution in [2.45, 2.75) is 6.42 Å². The summed E-state index contributed by atoms with van der Waals surface area (Å²) in [4.78, 5) is 2.36. The molecule has 1 aromatic carbocycles. The lowest BCUT2D eigenvalue weighted by Gasteiger charge is -2.13. The molecule has 1 N–H and O–H groups in total. The van der Waals surface area contributed by atoms with E-state index < -0.39 is 0 Å². The highest BCUT2D eigenvalue weighted by Gasteiger charge is 2.18. The molecule has 0 radical (unpaired) electrons. The Balaban J connectivity index is 1.91. The van der Waals surface area contributed by atoms with Crippen LogP contribution in [0.4, 0.5) is 5.69 Å². The van der Waals surface area contributed by atoms with Crippen molar-refractivity contribution in [3.05, 3.63) is 28.2 Å². The summed E-state index contributed by atoms with van der Waals surface area (Å²) in [5, 5.41) is 12.3. The molecule has 1 unspecified atom stereocenters. The molecule has 0 aromatic heterocycles. The molecule has 1 aromatic rings. The predicted molar refractivity (Wildman–Crippen MR) is 73.0 cm³/mol. The number of benzene rings is 1. The number of hydrogen-bond donors (Lipinski definition) is 1. The van der Waals surface area contributed by atoms with Gasteiger partial charge in [0, 0.05) is 23.2 Å². The second-order valence-corrected chi connectivity index (χ2v) is 5.46. The summed E-state index contributed by atoms with van der Waals surface area (Å²) < 4.78 is 0.855. The second-order valence-electron chi connectivity index (χ2n) is 4.60. The topological polar surface area (TPSA) is 39.1 Å². The lowest BCUT2D eigenvalue weighted by Crippen LogP contribution is -2.19. The fraction of sp³-hybridized carbons (Fsp3) is 0.462. The molecule has 1 fully saturated rings. The van der Waals surface area contributed by atoms with Crippen molar-refractivity contribution >= 4 is 21.6 Å². The van der Waals surface area contributed by atoms with Crippen LogP contribution in [0.2, 0.25) is 0 Å². The van der Waals surface area contributed by atoms with Crippen molar-refractivity contribution in [1.82, 2.24) is 4.90 Å². The highest BCUT2D eigenvalue weighted by molar-refractivity contribution is 9.10. The Bertz CT molecular complexity index is 439. The van der Waals surface area contributed by atoms with E-state index in [0.717, 1.165) is 22.6 Å². The Labute approximate surface area is 111 Å². The summed E-state index contributed by atoms with van der Waals surface area (Å²) >= 11 is 3.40. The second kappa shape index (κ2) is 5.52. The lowest BCUT2D eigenvalue weighted by molar-refractivity contribution is 0.399. The molecule has 3 nitrogen and oxygen atoms in total. The highest BCUT2D eigenvalue weighted by Crippen LogP contribution is 2.22. The van der Waals surface area contributed by atoms with Gasteiger partial charge in [-0.3, -0.25) is 0 Å². The summed E-state index contributed by atoms with van der Waals surface area (Å²) in [6, 6.07) is 7.91. The monoisotopic (exact) mass is 293 g/mol. The van der Waals surface area contributed by atoms with Crippen molar-refractivity contribution in [3.8, 4) is 6.07 Å². The minimum Gasteiger partial charge on any atom is -0.385 e. The molecule has 0 bridgehead atoms. The van der Waals surface area contributed by atoms with E-state index in [1.54, 1.807) is 0 Å². The minimum absolute atomic E-state index is 0.677. The molecule has 2 rings (SSSR count). The Morgan fingerprint density at radius 1 is 1.59 bits per heavy atom. The van der Waals surface area contributed by atoms with E-state index in [-0.39, 0.29) is 0 Å². The van der Waals surface area contributed by atoms with Crippen LogP contribution in [0.15, 0.2) is 22.7 Å². The van der Waals surface area contributed by atoms with E-state index in [9.17, 15) is 0 Å². The van der Waals surface area contributed by atoms with E-state index in [0.29, 0.717) is 5.56 Å². The molecule has 4 heteroatoms. The third-order valence-electron chi connectivity index (χ3n) is 3.17. The summed E-state index contributed by atoms with van der Waals surface area (Å²) in [6.45, 7) is 3.37. The highest BCUT2D eigenvalue weighted by atomic mass is 79.9. The molecular formula is C13H16BrN3. The molecular weight excluding hydrogens is 278 g/mol. The molecule has 0 aliphatic carbocycles. The summed E-state index contributed by atoms with van der Waals surface area (Å²) in [5.41, 5.74) is 1.75. The van der Waals surface area contributed by atoms with Crippen molar-refractivity contribution in [3.63, 3.8) is 0 Å². The van der Waals surface area contributed by atoms with Gasteiger partial charge in [0.1, 0.15) is 6.07 Å². The van der Waals surface area contributed by atoms with Crippen LogP contribution in [0, 0.1) is 17.2 Å². The summed E-state index contributed by atoms with van der Waals surface area (Å²) in [7, 11) is 2.16. The van der Waals surface area contributed by atoms with Gasteiger partial charge >= 0.3 is 0 Å². The third kappa shape index (κ3) is 3.21. The normalized spacial score (nSPS) is 20.2. The van der Waals surface area contributed by atoms with Crippen molar-refractivity contribution in [1.29, 1.82) is 5.26 Å². The largest absolute Gasteiger partial charge is 0.385 e. The zero-order valence-electron chi connectivity index (χ0n) is 9.91. The number of nitriles is 1. The molecule has 1 heterocycles.